The Morgan fingerprint density at radius 2 is 2.31 bits per heavy atom. The molecule has 0 aromatic carbocycles. The van der Waals surface area contributed by atoms with Gasteiger partial charge in [-0.3, -0.25) is 4.40 Å². The molecule has 2 aromatic rings. The van der Waals surface area contributed by atoms with Crippen molar-refractivity contribution < 1.29 is 0 Å². The molecule has 0 aliphatic carbocycles. The van der Waals surface area contributed by atoms with Gasteiger partial charge in [0.1, 0.15) is 0 Å². The van der Waals surface area contributed by atoms with E-state index in [1.807, 2.05) is 36.7 Å². The number of aryl methyl sites for hydroxylation is 1. The minimum atomic E-state index is 0.741. The predicted molar refractivity (Wildman–Crippen MR) is 50.5 cm³/mol. The zero-order valence-electron chi connectivity index (χ0n) is 7.78. The van der Waals surface area contributed by atoms with Crippen LogP contribution in [0.2, 0.25) is 0 Å². The lowest BCUT2D eigenvalue weighted by Crippen LogP contribution is -2.08. The Hall–Kier alpha value is -1.42. The fourth-order valence-electron chi connectivity index (χ4n) is 1.38. The average Bonchev–Trinajstić information content (AvgIpc) is 2.51. The van der Waals surface area contributed by atoms with E-state index in [0.29, 0.717) is 0 Å². The minimum absolute atomic E-state index is 0.741. The molecule has 1 N–H and O–H groups in total. The molecule has 0 aliphatic heterocycles. The van der Waals surface area contributed by atoms with Gasteiger partial charge in [0.15, 0.2) is 11.5 Å². The number of hydrogen-bond acceptors (Lipinski definition) is 3. The fourth-order valence-corrected chi connectivity index (χ4v) is 1.38. The monoisotopic (exact) mass is 176 g/mol. The lowest BCUT2D eigenvalue weighted by atomic mass is 10.3. The van der Waals surface area contributed by atoms with Crippen molar-refractivity contribution in [3.8, 4) is 0 Å². The van der Waals surface area contributed by atoms with Crippen LogP contribution in [0.1, 0.15) is 11.4 Å². The van der Waals surface area contributed by atoms with E-state index in [1.54, 1.807) is 0 Å². The fraction of sp³-hybridized carbons (Fsp3) is 0.333. The van der Waals surface area contributed by atoms with E-state index in [1.165, 1.54) is 0 Å². The van der Waals surface area contributed by atoms with Crippen molar-refractivity contribution in [2.45, 2.75) is 13.5 Å². The van der Waals surface area contributed by atoms with Crippen molar-refractivity contribution in [3.63, 3.8) is 0 Å². The van der Waals surface area contributed by atoms with Crippen molar-refractivity contribution in [2.24, 2.45) is 0 Å². The summed E-state index contributed by atoms with van der Waals surface area (Å²) in [4.78, 5) is 0. The average molecular weight is 176 g/mol. The molecular formula is C9H12N4. The first-order chi connectivity index (χ1) is 6.33. The maximum atomic E-state index is 4.11. The Morgan fingerprint density at radius 1 is 1.46 bits per heavy atom. The van der Waals surface area contributed by atoms with E-state index >= 15 is 0 Å². The van der Waals surface area contributed by atoms with E-state index in [4.69, 9.17) is 0 Å². The van der Waals surface area contributed by atoms with Gasteiger partial charge in [-0.1, -0.05) is 6.07 Å². The third-order valence-electron chi connectivity index (χ3n) is 2.04. The SMILES string of the molecule is CNCc1nnc2c(C)cccn12. The lowest BCUT2D eigenvalue weighted by molar-refractivity contribution is 0.747. The van der Waals surface area contributed by atoms with Crippen LogP contribution in [0.25, 0.3) is 5.65 Å². The van der Waals surface area contributed by atoms with Crippen LogP contribution >= 0.6 is 0 Å². The summed E-state index contributed by atoms with van der Waals surface area (Å²) in [6.07, 6.45) is 1.98. The first kappa shape index (κ1) is 8.19. The summed E-state index contributed by atoms with van der Waals surface area (Å²) < 4.78 is 2.01. The molecule has 0 fully saturated rings. The molecule has 13 heavy (non-hydrogen) atoms. The molecule has 0 spiro atoms. The smallest absolute Gasteiger partial charge is 0.163 e. The van der Waals surface area contributed by atoms with E-state index in [2.05, 4.69) is 15.5 Å². The van der Waals surface area contributed by atoms with Crippen LogP contribution < -0.4 is 5.32 Å². The van der Waals surface area contributed by atoms with Crippen molar-refractivity contribution in [2.75, 3.05) is 7.05 Å². The molecule has 2 rings (SSSR count). The summed E-state index contributed by atoms with van der Waals surface area (Å²) in [7, 11) is 1.90. The molecular weight excluding hydrogens is 164 g/mol. The number of rotatable bonds is 2. The second-order valence-corrected chi connectivity index (χ2v) is 3.03. The van der Waals surface area contributed by atoms with Crippen LogP contribution in [0.5, 0.6) is 0 Å². The van der Waals surface area contributed by atoms with Gasteiger partial charge in [0, 0.05) is 6.20 Å². The van der Waals surface area contributed by atoms with E-state index in [9.17, 15) is 0 Å². The molecule has 2 heterocycles. The van der Waals surface area contributed by atoms with E-state index < -0.39 is 0 Å². The van der Waals surface area contributed by atoms with Gasteiger partial charge in [0.25, 0.3) is 0 Å². The normalized spacial score (nSPS) is 10.9. The van der Waals surface area contributed by atoms with Crippen LogP contribution in [0.15, 0.2) is 18.3 Å². The number of hydrogen-bond donors (Lipinski definition) is 1. The highest BCUT2D eigenvalue weighted by Gasteiger charge is 2.04. The van der Waals surface area contributed by atoms with Crippen LogP contribution in [0.4, 0.5) is 0 Å². The molecule has 0 unspecified atom stereocenters. The van der Waals surface area contributed by atoms with Crippen LogP contribution in [0, 0.1) is 6.92 Å². The van der Waals surface area contributed by atoms with Crippen molar-refractivity contribution in [1.82, 2.24) is 19.9 Å². The number of fused-ring (bicyclic) bond motifs is 1. The summed E-state index contributed by atoms with van der Waals surface area (Å²) in [6, 6.07) is 4.04. The highest BCUT2D eigenvalue weighted by atomic mass is 15.3. The van der Waals surface area contributed by atoms with E-state index in [0.717, 1.165) is 23.6 Å². The Labute approximate surface area is 76.6 Å². The van der Waals surface area contributed by atoms with Crippen molar-refractivity contribution >= 4 is 5.65 Å². The zero-order valence-corrected chi connectivity index (χ0v) is 7.78. The van der Waals surface area contributed by atoms with Crippen LogP contribution in [-0.2, 0) is 6.54 Å². The molecule has 0 bridgehead atoms. The van der Waals surface area contributed by atoms with Gasteiger partial charge in [0.2, 0.25) is 0 Å². The topological polar surface area (TPSA) is 42.2 Å². The minimum Gasteiger partial charge on any atom is -0.313 e. The number of nitrogens with zero attached hydrogens (tertiary/aromatic N) is 3. The Bertz CT molecular complexity index is 418. The molecule has 4 nitrogen and oxygen atoms in total. The molecule has 68 valence electrons. The van der Waals surface area contributed by atoms with Crippen LogP contribution in [-0.4, -0.2) is 21.6 Å². The number of nitrogens with one attached hydrogen (secondary N) is 1. The molecule has 0 saturated heterocycles. The summed E-state index contributed by atoms with van der Waals surface area (Å²) in [6.45, 7) is 2.78. The quantitative estimate of drug-likeness (QED) is 0.734. The first-order valence-corrected chi connectivity index (χ1v) is 4.27. The molecule has 0 radical (unpaired) electrons. The van der Waals surface area contributed by atoms with Crippen LogP contribution in [0.3, 0.4) is 0 Å². The molecule has 0 amide bonds. The number of pyridine rings is 1. The Morgan fingerprint density at radius 3 is 3.08 bits per heavy atom. The Kier molecular flexibility index (Phi) is 1.98. The first-order valence-electron chi connectivity index (χ1n) is 4.27. The summed E-state index contributed by atoms with van der Waals surface area (Å²) >= 11 is 0. The van der Waals surface area contributed by atoms with Crippen molar-refractivity contribution in [1.29, 1.82) is 0 Å². The molecule has 0 atom stereocenters. The predicted octanol–water partition coefficient (Wildman–Crippen LogP) is 0.757. The van der Waals surface area contributed by atoms with Gasteiger partial charge < -0.3 is 5.32 Å². The highest BCUT2D eigenvalue weighted by molar-refractivity contribution is 5.46. The molecule has 4 heteroatoms. The summed E-state index contributed by atoms with van der Waals surface area (Å²) in [5.41, 5.74) is 2.09. The van der Waals surface area contributed by atoms with Crippen molar-refractivity contribution in [3.05, 3.63) is 29.7 Å². The molecule has 0 aliphatic rings. The largest absolute Gasteiger partial charge is 0.313 e. The zero-order chi connectivity index (χ0) is 9.26. The summed E-state index contributed by atoms with van der Waals surface area (Å²) in [5, 5.41) is 11.3. The lowest BCUT2D eigenvalue weighted by Gasteiger charge is -1.99. The maximum absolute atomic E-state index is 4.11. The summed E-state index contributed by atoms with van der Waals surface area (Å²) in [5.74, 6) is 0.946. The van der Waals surface area contributed by atoms with Gasteiger partial charge in [-0.05, 0) is 25.6 Å². The van der Waals surface area contributed by atoms with E-state index in [-0.39, 0.29) is 0 Å². The van der Waals surface area contributed by atoms with Gasteiger partial charge in [-0.2, -0.15) is 0 Å². The standard InChI is InChI=1S/C9H12N4/c1-7-4-3-5-13-8(6-10-2)11-12-9(7)13/h3-5,10H,6H2,1-2H3. The second-order valence-electron chi connectivity index (χ2n) is 3.03. The molecule has 2 aromatic heterocycles. The van der Waals surface area contributed by atoms with Gasteiger partial charge >= 0.3 is 0 Å². The van der Waals surface area contributed by atoms with Gasteiger partial charge in [-0.25, -0.2) is 0 Å². The Balaban J connectivity index is 2.61. The maximum Gasteiger partial charge on any atom is 0.163 e. The number of aromatic nitrogens is 3. The second kappa shape index (κ2) is 3.14. The third-order valence-corrected chi connectivity index (χ3v) is 2.04. The van der Waals surface area contributed by atoms with Gasteiger partial charge in [0.05, 0.1) is 6.54 Å². The highest BCUT2D eigenvalue weighted by Crippen LogP contribution is 2.07. The van der Waals surface area contributed by atoms with Gasteiger partial charge in [-0.15, -0.1) is 10.2 Å². The molecule has 0 saturated carbocycles. The third kappa shape index (κ3) is 1.29.